The fourth-order valence-corrected chi connectivity index (χ4v) is 2.38. The second-order valence-electron chi connectivity index (χ2n) is 6.53. The molecule has 1 saturated carbocycles. The molecule has 1 aliphatic carbocycles. The van der Waals surface area contributed by atoms with E-state index < -0.39 is 0 Å². The zero-order chi connectivity index (χ0) is 14.7. The highest BCUT2D eigenvalue weighted by Crippen LogP contribution is 2.33. The van der Waals surface area contributed by atoms with Crippen molar-refractivity contribution in [3.8, 4) is 0 Å². The second kappa shape index (κ2) is 6.53. The van der Waals surface area contributed by atoms with E-state index >= 15 is 0 Å². The van der Waals surface area contributed by atoms with E-state index in [0.717, 1.165) is 23.8 Å². The molecule has 1 heterocycles. The Kier molecular flexibility index (Phi) is 4.97. The van der Waals surface area contributed by atoms with Gasteiger partial charge in [-0.15, -0.1) is 0 Å². The van der Waals surface area contributed by atoms with Crippen molar-refractivity contribution in [2.75, 3.05) is 11.4 Å². The van der Waals surface area contributed by atoms with Gasteiger partial charge in [0, 0.05) is 25.0 Å². The minimum atomic E-state index is 0.347. The molecule has 0 aliphatic heterocycles. The van der Waals surface area contributed by atoms with E-state index in [-0.39, 0.29) is 0 Å². The van der Waals surface area contributed by atoms with Crippen LogP contribution in [0, 0.1) is 5.92 Å². The Morgan fingerprint density at radius 2 is 2.00 bits per heavy atom. The maximum absolute atomic E-state index is 5.92. The molecule has 20 heavy (non-hydrogen) atoms. The summed E-state index contributed by atoms with van der Waals surface area (Å²) in [4.78, 5) is 11.7. The molecule has 1 aliphatic rings. The van der Waals surface area contributed by atoms with Crippen molar-refractivity contribution in [2.24, 2.45) is 11.7 Å². The normalized spacial score (nSPS) is 15.2. The van der Waals surface area contributed by atoms with Crippen LogP contribution in [-0.4, -0.2) is 22.6 Å². The first-order chi connectivity index (χ1) is 9.52. The van der Waals surface area contributed by atoms with Crippen LogP contribution in [0.15, 0.2) is 6.20 Å². The Balaban J connectivity index is 2.23. The third-order valence-corrected chi connectivity index (χ3v) is 3.82. The van der Waals surface area contributed by atoms with Crippen molar-refractivity contribution in [1.82, 2.24) is 9.97 Å². The average molecular weight is 276 g/mol. The smallest absolute Gasteiger partial charge is 0.131 e. The highest BCUT2D eigenvalue weighted by Gasteiger charge is 2.30. The van der Waals surface area contributed by atoms with Gasteiger partial charge in [0.15, 0.2) is 0 Å². The first-order valence-electron chi connectivity index (χ1n) is 7.85. The summed E-state index contributed by atoms with van der Waals surface area (Å²) in [6.07, 6.45) is 5.76. The van der Waals surface area contributed by atoms with Crippen molar-refractivity contribution in [3.63, 3.8) is 0 Å². The molecule has 0 radical (unpaired) electrons. The summed E-state index contributed by atoms with van der Waals surface area (Å²) >= 11 is 0. The lowest BCUT2D eigenvalue weighted by Crippen LogP contribution is -2.30. The van der Waals surface area contributed by atoms with Gasteiger partial charge in [0.25, 0.3) is 0 Å². The van der Waals surface area contributed by atoms with Gasteiger partial charge in [-0.2, -0.15) is 0 Å². The van der Waals surface area contributed by atoms with Crippen molar-refractivity contribution in [1.29, 1.82) is 0 Å². The number of hydrogen-bond donors (Lipinski definition) is 1. The van der Waals surface area contributed by atoms with Crippen LogP contribution in [0.2, 0.25) is 0 Å². The standard InChI is InChI=1S/C16H28N4/c1-11(2)7-8-20(13-5-6-13)15-10-18-16(12(3)4)19-14(15)9-17/h10-13H,5-9,17H2,1-4H3. The van der Waals surface area contributed by atoms with E-state index in [2.05, 4.69) is 42.6 Å². The number of aromatic nitrogens is 2. The Morgan fingerprint density at radius 1 is 1.30 bits per heavy atom. The van der Waals surface area contributed by atoms with Crippen LogP contribution >= 0.6 is 0 Å². The molecule has 0 saturated heterocycles. The summed E-state index contributed by atoms with van der Waals surface area (Å²) in [6, 6.07) is 0.674. The van der Waals surface area contributed by atoms with Crippen LogP contribution in [0.3, 0.4) is 0 Å². The molecule has 0 spiro atoms. The van der Waals surface area contributed by atoms with E-state index in [9.17, 15) is 0 Å². The minimum absolute atomic E-state index is 0.347. The van der Waals surface area contributed by atoms with Crippen molar-refractivity contribution in [3.05, 3.63) is 17.7 Å². The molecule has 2 N–H and O–H groups in total. The third kappa shape index (κ3) is 3.69. The number of anilines is 1. The Hall–Kier alpha value is -1.16. The first kappa shape index (κ1) is 15.2. The van der Waals surface area contributed by atoms with Crippen LogP contribution in [0.1, 0.15) is 64.4 Å². The van der Waals surface area contributed by atoms with Gasteiger partial charge in [0.05, 0.1) is 17.6 Å². The Bertz CT molecular complexity index is 438. The van der Waals surface area contributed by atoms with Crippen LogP contribution < -0.4 is 10.6 Å². The molecular formula is C16H28N4. The quantitative estimate of drug-likeness (QED) is 0.831. The average Bonchev–Trinajstić information content (AvgIpc) is 3.23. The molecule has 0 aromatic carbocycles. The predicted octanol–water partition coefficient (Wildman–Crippen LogP) is 3.07. The molecule has 0 atom stereocenters. The monoisotopic (exact) mass is 276 g/mol. The second-order valence-corrected chi connectivity index (χ2v) is 6.53. The summed E-state index contributed by atoms with van der Waals surface area (Å²) in [6.45, 7) is 10.3. The molecule has 0 amide bonds. The van der Waals surface area contributed by atoms with Gasteiger partial charge in [-0.3, -0.25) is 0 Å². The summed E-state index contributed by atoms with van der Waals surface area (Å²) in [5, 5.41) is 0. The van der Waals surface area contributed by atoms with Crippen LogP contribution in [-0.2, 0) is 6.54 Å². The van der Waals surface area contributed by atoms with Gasteiger partial charge in [-0.05, 0) is 25.2 Å². The molecule has 4 nitrogen and oxygen atoms in total. The molecule has 1 aromatic heterocycles. The zero-order valence-electron chi connectivity index (χ0n) is 13.3. The maximum Gasteiger partial charge on any atom is 0.131 e. The van der Waals surface area contributed by atoms with E-state index in [1.807, 2.05) is 6.20 Å². The summed E-state index contributed by atoms with van der Waals surface area (Å²) in [5.41, 5.74) is 8.07. The number of hydrogen-bond acceptors (Lipinski definition) is 4. The van der Waals surface area contributed by atoms with Gasteiger partial charge in [0.1, 0.15) is 5.82 Å². The maximum atomic E-state index is 5.92. The molecular weight excluding hydrogens is 248 g/mol. The lowest BCUT2D eigenvalue weighted by atomic mass is 10.1. The third-order valence-electron chi connectivity index (χ3n) is 3.82. The fourth-order valence-electron chi connectivity index (χ4n) is 2.38. The molecule has 112 valence electrons. The molecule has 0 bridgehead atoms. The molecule has 4 heteroatoms. The topological polar surface area (TPSA) is 55.0 Å². The predicted molar refractivity (Wildman–Crippen MR) is 83.8 cm³/mol. The Labute approximate surface area is 122 Å². The minimum Gasteiger partial charge on any atom is -0.366 e. The first-order valence-corrected chi connectivity index (χ1v) is 7.85. The lowest BCUT2D eigenvalue weighted by Gasteiger charge is -2.27. The van der Waals surface area contributed by atoms with Crippen LogP contribution in [0.25, 0.3) is 0 Å². The van der Waals surface area contributed by atoms with E-state index in [0.29, 0.717) is 24.4 Å². The largest absolute Gasteiger partial charge is 0.366 e. The van der Waals surface area contributed by atoms with E-state index in [1.165, 1.54) is 19.3 Å². The van der Waals surface area contributed by atoms with Gasteiger partial charge in [-0.1, -0.05) is 27.7 Å². The number of nitrogens with zero attached hydrogens (tertiary/aromatic N) is 3. The number of nitrogens with two attached hydrogens (primary N) is 1. The van der Waals surface area contributed by atoms with Gasteiger partial charge in [-0.25, -0.2) is 9.97 Å². The van der Waals surface area contributed by atoms with E-state index in [1.54, 1.807) is 0 Å². The molecule has 2 rings (SSSR count). The van der Waals surface area contributed by atoms with Crippen LogP contribution in [0.4, 0.5) is 5.69 Å². The SMILES string of the molecule is CC(C)CCN(c1cnc(C(C)C)nc1CN)C1CC1. The van der Waals surface area contributed by atoms with Crippen molar-refractivity contribution in [2.45, 2.75) is 65.5 Å². The van der Waals surface area contributed by atoms with Crippen molar-refractivity contribution < 1.29 is 0 Å². The summed E-state index contributed by atoms with van der Waals surface area (Å²) in [5.74, 6) is 1.96. The zero-order valence-corrected chi connectivity index (χ0v) is 13.3. The molecule has 1 aromatic rings. The summed E-state index contributed by atoms with van der Waals surface area (Å²) in [7, 11) is 0. The van der Waals surface area contributed by atoms with Crippen LogP contribution in [0.5, 0.6) is 0 Å². The Morgan fingerprint density at radius 3 is 2.50 bits per heavy atom. The van der Waals surface area contributed by atoms with Gasteiger partial charge < -0.3 is 10.6 Å². The van der Waals surface area contributed by atoms with Crippen molar-refractivity contribution >= 4 is 5.69 Å². The van der Waals surface area contributed by atoms with Gasteiger partial charge in [0.2, 0.25) is 0 Å². The molecule has 1 fully saturated rings. The highest BCUT2D eigenvalue weighted by molar-refractivity contribution is 5.51. The summed E-state index contributed by atoms with van der Waals surface area (Å²) < 4.78 is 0. The molecule has 0 unspecified atom stereocenters. The fraction of sp³-hybridized carbons (Fsp3) is 0.750. The highest BCUT2D eigenvalue weighted by atomic mass is 15.2. The van der Waals surface area contributed by atoms with Gasteiger partial charge >= 0.3 is 0 Å². The van der Waals surface area contributed by atoms with E-state index in [4.69, 9.17) is 5.73 Å². The number of rotatable bonds is 7. The lowest BCUT2D eigenvalue weighted by molar-refractivity contribution is 0.568.